The summed E-state index contributed by atoms with van der Waals surface area (Å²) in [6, 6.07) is 1.68. The lowest BCUT2D eigenvalue weighted by atomic mass is 10.2. The van der Waals surface area contributed by atoms with Crippen LogP contribution in [0.4, 0.5) is 5.69 Å². The van der Waals surface area contributed by atoms with Crippen molar-refractivity contribution in [3.05, 3.63) is 6.07 Å². The van der Waals surface area contributed by atoms with Gasteiger partial charge in [-0.2, -0.15) is 0 Å². The van der Waals surface area contributed by atoms with Crippen LogP contribution in [0.25, 0.3) is 0 Å². The summed E-state index contributed by atoms with van der Waals surface area (Å²) in [5.41, 5.74) is 6.19. The first-order valence-electron chi connectivity index (χ1n) is 3.93. The third-order valence-corrected chi connectivity index (χ3v) is 2.22. The van der Waals surface area contributed by atoms with E-state index in [2.05, 4.69) is 12.6 Å². The lowest BCUT2D eigenvalue weighted by Crippen LogP contribution is -1.99. The molecule has 0 saturated carbocycles. The molecule has 0 amide bonds. The largest absolute Gasteiger partial charge is 0.493 e. The first kappa shape index (κ1) is 10.8. The van der Waals surface area contributed by atoms with Crippen LogP contribution in [0.15, 0.2) is 11.0 Å². The highest BCUT2D eigenvalue weighted by atomic mass is 32.1. The second-order valence-electron chi connectivity index (χ2n) is 2.58. The zero-order valence-electron chi connectivity index (χ0n) is 8.33. The van der Waals surface area contributed by atoms with Crippen LogP contribution >= 0.6 is 12.6 Å². The number of methoxy groups -OCH3 is 3. The summed E-state index contributed by atoms with van der Waals surface area (Å²) in [5, 5.41) is 0. The van der Waals surface area contributed by atoms with Crippen molar-refractivity contribution in [1.29, 1.82) is 0 Å². The highest BCUT2D eigenvalue weighted by Gasteiger charge is 2.16. The number of nitrogen functional groups attached to an aromatic ring is 1. The summed E-state index contributed by atoms with van der Waals surface area (Å²) in [7, 11) is 4.58. The molecule has 0 bridgehead atoms. The van der Waals surface area contributed by atoms with Crippen molar-refractivity contribution >= 4 is 18.3 Å². The number of benzene rings is 1. The van der Waals surface area contributed by atoms with Crippen LogP contribution in [0.2, 0.25) is 0 Å². The molecular formula is C9H13NO3S. The maximum atomic E-state index is 5.76. The van der Waals surface area contributed by atoms with Crippen molar-refractivity contribution in [2.45, 2.75) is 4.90 Å². The topological polar surface area (TPSA) is 53.7 Å². The van der Waals surface area contributed by atoms with Crippen molar-refractivity contribution in [1.82, 2.24) is 0 Å². The number of anilines is 1. The van der Waals surface area contributed by atoms with Crippen LogP contribution in [0.1, 0.15) is 0 Å². The van der Waals surface area contributed by atoms with Crippen molar-refractivity contribution < 1.29 is 14.2 Å². The third-order valence-electron chi connectivity index (χ3n) is 1.85. The fraction of sp³-hybridized carbons (Fsp3) is 0.333. The Balaban J connectivity index is 3.42. The van der Waals surface area contributed by atoms with Gasteiger partial charge in [0.2, 0.25) is 5.75 Å². The summed E-state index contributed by atoms with van der Waals surface area (Å²) in [6.45, 7) is 0. The van der Waals surface area contributed by atoms with E-state index in [4.69, 9.17) is 19.9 Å². The monoisotopic (exact) mass is 215 g/mol. The van der Waals surface area contributed by atoms with Crippen molar-refractivity contribution in [2.24, 2.45) is 0 Å². The van der Waals surface area contributed by atoms with Gasteiger partial charge in [0.05, 0.1) is 27.0 Å². The molecule has 0 atom stereocenters. The van der Waals surface area contributed by atoms with Crippen LogP contribution in [-0.4, -0.2) is 21.3 Å². The van der Waals surface area contributed by atoms with Gasteiger partial charge in [0, 0.05) is 4.90 Å². The summed E-state index contributed by atoms with van der Waals surface area (Å²) in [5.74, 6) is 1.46. The third kappa shape index (κ3) is 1.68. The Bertz CT molecular complexity index is 341. The van der Waals surface area contributed by atoms with Gasteiger partial charge in [0.1, 0.15) is 0 Å². The SMILES string of the molecule is COc1cc(S)c(N)c(OC)c1OC. The van der Waals surface area contributed by atoms with E-state index < -0.39 is 0 Å². The van der Waals surface area contributed by atoms with Gasteiger partial charge >= 0.3 is 0 Å². The molecule has 0 saturated heterocycles. The van der Waals surface area contributed by atoms with Crippen molar-refractivity contribution in [2.75, 3.05) is 27.1 Å². The zero-order chi connectivity index (χ0) is 10.7. The second kappa shape index (κ2) is 4.32. The number of ether oxygens (including phenoxy) is 3. The minimum atomic E-state index is 0.438. The van der Waals surface area contributed by atoms with E-state index in [9.17, 15) is 0 Å². The molecule has 1 rings (SSSR count). The quantitative estimate of drug-likeness (QED) is 0.594. The predicted molar refractivity (Wildman–Crippen MR) is 57.8 cm³/mol. The van der Waals surface area contributed by atoms with Crippen molar-refractivity contribution in [3.63, 3.8) is 0 Å². The summed E-state index contributed by atoms with van der Waals surface area (Å²) in [4.78, 5) is 0.597. The van der Waals surface area contributed by atoms with Gasteiger partial charge in [-0.15, -0.1) is 12.6 Å². The normalized spacial score (nSPS) is 9.71. The highest BCUT2D eigenvalue weighted by molar-refractivity contribution is 7.80. The van der Waals surface area contributed by atoms with Gasteiger partial charge in [-0.05, 0) is 6.07 Å². The minimum Gasteiger partial charge on any atom is -0.493 e. The van der Waals surface area contributed by atoms with Crippen LogP contribution in [0.5, 0.6) is 17.2 Å². The van der Waals surface area contributed by atoms with E-state index >= 15 is 0 Å². The molecule has 0 aromatic heterocycles. The smallest absolute Gasteiger partial charge is 0.205 e. The van der Waals surface area contributed by atoms with E-state index in [0.29, 0.717) is 27.8 Å². The molecule has 1 aromatic carbocycles. The lowest BCUT2D eigenvalue weighted by Gasteiger charge is -2.15. The van der Waals surface area contributed by atoms with E-state index in [-0.39, 0.29) is 0 Å². The van der Waals surface area contributed by atoms with Crippen LogP contribution in [0, 0.1) is 0 Å². The second-order valence-corrected chi connectivity index (χ2v) is 3.06. The average Bonchev–Trinajstić information content (AvgIpc) is 2.20. The maximum Gasteiger partial charge on any atom is 0.205 e. The first-order chi connectivity index (χ1) is 6.65. The Morgan fingerprint density at radius 2 is 1.64 bits per heavy atom. The molecule has 0 fully saturated rings. The predicted octanol–water partition coefficient (Wildman–Crippen LogP) is 1.58. The van der Waals surface area contributed by atoms with Crippen LogP contribution in [-0.2, 0) is 0 Å². The molecule has 78 valence electrons. The Morgan fingerprint density at radius 3 is 2.07 bits per heavy atom. The molecule has 2 N–H and O–H groups in total. The molecule has 0 spiro atoms. The van der Waals surface area contributed by atoms with Gasteiger partial charge in [0.25, 0.3) is 0 Å². The van der Waals surface area contributed by atoms with Gasteiger partial charge in [-0.25, -0.2) is 0 Å². The lowest BCUT2D eigenvalue weighted by molar-refractivity contribution is 0.324. The minimum absolute atomic E-state index is 0.438. The molecule has 0 radical (unpaired) electrons. The van der Waals surface area contributed by atoms with Crippen LogP contribution in [0.3, 0.4) is 0 Å². The van der Waals surface area contributed by atoms with Crippen molar-refractivity contribution in [3.8, 4) is 17.2 Å². The fourth-order valence-corrected chi connectivity index (χ4v) is 1.38. The van der Waals surface area contributed by atoms with Gasteiger partial charge in [-0.3, -0.25) is 0 Å². The van der Waals surface area contributed by atoms with Gasteiger partial charge in [-0.1, -0.05) is 0 Å². The molecule has 0 heterocycles. The Hall–Kier alpha value is -1.23. The molecule has 1 aromatic rings. The average molecular weight is 215 g/mol. The van der Waals surface area contributed by atoms with Crippen LogP contribution < -0.4 is 19.9 Å². The number of rotatable bonds is 3. The molecule has 0 aliphatic heterocycles. The standard InChI is InChI=1S/C9H13NO3S/c1-11-5-4-6(14)7(10)9(13-3)8(5)12-2/h4,14H,10H2,1-3H3. The van der Waals surface area contributed by atoms with E-state index in [1.165, 1.54) is 14.2 Å². The summed E-state index contributed by atoms with van der Waals surface area (Å²) >= 11 is 4.19. The Kier molecular flexibility index (Phi) is 3.35. The van der Waals surface area contributed by atoms with Gasteiger partial charge < -0.3 is 19.9 Å². The summed E-state index contributed by atoms with van der Waals surface area (Å²) in [6.07, 6.45) is 0. The maximum absolute atomic E-state index is 5.76. The molecule has 0 aliphatic rings. The number of hydrogen-bond acceptors (Lipinski definition) is 5. The van der Waals surface area contributed by atoms with E-state index in [1.807, 2.05) is 0 Å². The fourth-order valence-electron chi connectivity index (χ4n) is 1.17. The van der Waals surface area contributed by atoms with E-state index in [0.717, 1.165) is 0 Å². The highest BCUT2D eigenvalue weighted by Crippen LogP contribution is 2.44. The van der Waals surface area contributed by atoms with Gasteiger partial charge in [0.15, 0.2) is 11.5 Å². The molecule has 14 heavy (non-hydrogen) atoms. The molecular weight excluding hydrogens is 202 g/mol. The number of nitrogens with two attached hydrogens (primary N) is 1. The number of hydrogen-bond donors (Lipinski definition) is 2. The molecule has 5 heteroatoms. The summed E-state index contributed by atoms with van der Waals surface area (Å²) < 4.78 is 15.3. The molecule has 0 unspecified atom stereocenters. The zero-order valence-corrected chi connectivity index (χ0v) is 9.22. The molecule has 4 nitrogen and oxygen atoms in total. The first-order valence-corrected chi connectivity index (χ1v) is 4.37. The van der Waals surface area contributed by atoms with E-state index in [1.54, 1.807) is 13.2 Å². The Labute approximate surface area is 88.4 Å². The Morgan fingerprint density at radius 1 is 1.07 bits per heavy atom. The number of thiol groups is 1. The molecule has 0 aliphatic carbocycles.